The van der Waals surface area contributed by atoms with E-state index in [1.165, 1.54) is 34.6 Å². The third kappa shape index (κ3) is 30.7. The molecule has 632 valence electrons. The first-order chi connectivity index (χ1) is 51.8. The highest BCUT2D eigenvalue weighted by Gasteiger charge is 2.48. The summed E-state index contributed by atoms with van der Waals surface area (Å²) in [6.45, 7) is 17.3. The van der Waals surface area contributed by atoms with Crippen LogP contribution in [0.5, 0.6) is 0 Å². The van der Waals surface area contributed by atoms with Gasteiger partial charge in [0.2, 0.25) is 76.8 Å². The monoisotopic (exact) mass is 1580 g/mol. The Hall–Kier alpha value is -8.76. The molecule has 0 aromatic rings. The van der Waals surface area contributed by atoms with Crippen molar-refractivity contribution in [3.63, 3.8) is 0 Å². The highest BCUT2D eigenvalue weighted by molar-refractivity contribution is 6.00. The Labute approximate surface area is 648 Å². The molecule has 24 N–H and O–H groups in total. The van der Waals surface area contributed by atoms with Crippen molar-refractivity contribution in [3.05, 3.63) is 0 Å². The van der Waals surface area contributed by atoms with E-state index in [0.29, 0.717) is 6.42 Å². The minimum atomic E-state index is -2.69. The molecule has 0 aromatic carbocycles. The van der Waals surface area contributed by atoms with Crippen molar-refractivity contribution in [2.45, 2.75) is 270 Å². The van der Waals surface area contributed by atoms with Gasteiger partial charge in [0.15, 0.2) is 6.10 Å². The van der Waals surface area contributed by atoms with Crippen LogP contribution in [-0.2, 0) is 86.2 Å². The molecule has 2 aliphatic heterocycles. The fraction of sp³-hybridized carbons (Fsp3) is 0.778. The zero-order valence-corrected chi connectivity index (χ0v) is 66.5. The first kappa shape index (κ1) is 98.3. The number of fused-ring (bicyclic) bond motifs is 1. The summed E-state index contributed by atoms with van der Waals surface area (Å²) in [5.74, 6) is -25.2. The van der Waals surface area contributed by atoms with Crippen LogP contribution >= 0.6 is 0 Å². The minimum absolute atomic E-state index is 0.0192. The zero-order chi connectivity index (χ0) is 84.8. The number of cyclic esters (lactones) is 1. The van der Waals surface area contributed by atoms with Gasteiger partial charge >= 0.3 is 11.9 Å². The van der Waals surface area contributed by atoms with E-state index in [1.54, 1.807) is 34.6 Å². The summed E-state index contributed by atoms with van der Waals surface area (Å²) in [4.78, 5) is 229. The Bertz CT molecular complexity index is 3180. The second-order valence-electron chi connectivity index (χ2n) is 30.5. The lowest BCUT2D eigenvalue weighted by Crippen LogP contribution is -2.65. The van der Waals surface area contributed by atoms with Crippen molar-refractivity contribution in [2.75, 3.05) is 40.4 Å². The molecule has 2 rings (SSSR count). The van der Waals surface area contributed by atoms with E-state index in [2.05, 4.69) is 47.9 Å². The van der Waals surface area contributed by atoms with Crippen LogP contribution in [0.4, 0.5) is 0 Å². The molecule has 0 aromatic heterocycles. The van der Waals surface area contributed by atoms with Gasteiger partial charge in [-0.2, -0.15) is 0 Å². The molecule has 39 heteroatoms. The lowest BCUT2D eigenvalue weighted by Gasteiger charge is -2.39. The van der Waals surface area contributed by atoms with Crippen molar-refractivity contribution in [3.8, 4) is 0 Å². The second kappa shape index (κ2) is 47.6. The van der Waals surface area contributed by atoms with Crippen LogP contribution in [0.15, 0.2) is 0 Å². The van der Waals surface area contributed by atoms with E-state index in [9.17, 15) is 83.1 Å². The van der Waals surface area contributed by atoms with Crippen molar-refractivity contribution < 1.29 is 112 Å². The quantitative estimate of drug-likeness (QED) is 0.0256. The molecule has 21 atom stereocenters. The van der Waals surface area contributed by atoms with Gasteiger partial charge in [0, 0.05) is 39.5 Å². The van der Waals surface area contributed by atoms with Gasteiger partial charge in [-0.1, -0.05) is 76.2 Å². The Morgan fingerprint density at radius 1 is 0.622 bits per heavy atom. The van der Waals surface area contributed by atoms with E-state index in [0.717, 1.165) is 24.0 Å². The molecule has 0 unspecified atom stereocenters. The Morgan fingerprint density at radius 2 is 1.21 bits per heavy atom. The highest BCUT2D eigenvalue weighted by Crippen LogP contribution is 2.28. The van der Waals surface area contributed by atoms with Crippen LogP contribution in [0.1, 0.15) is 173 Å². The van der Waals surface area contributed by atoms with Crippen LogP contribution in [-0.4, -0.2) is 267 Å². The maximum atomic E-state index is 15.5. The van der Waals surface area contributed by atoms with Crippen molar-refractivity contribution >= 4 is 94.6 Å². The van der Waals surface area contributed by atoms with Crippen LogP contribution in [0.2, 0.25) is 0 Å². The van der Waals surface area contributed by atoms with Gasteiger partial charge in [0.1, 0.15) is 72.6 Å². The number of hydrogen-bond donors (Lipinski definition) is 19. The van der Waals surface area contributed by atoms with Gasteiger partial charge in [-0.25, -0.2) is 4.79 Å². The molecule has 2 aliphatic rings. The summed E-state index contributed by atoms with van der Waals surface area (Å²) in [6.07, 6.45) is -12.4. The molecule has 2 heterocycles. The molecule has 0 spiro atoms. The topological polar surface area (TPSA) is 638 Å². The molecule has 0 aliphatic carbocycles. The maximum Gasteiger partial charge on any atom is 0.329 e. The number of carboxylic acid groups (broad SMARTS) is 1. The molecule has 0 bridgehead atoms. The smallest absolute Gasteiger partial charge is 0.329 e. The largest absolute Gasteiger partial charge is 0.481 e. The van der Waals surface area contributed by atoms with E-state index in [-0.39, 0.29) is 82.8 Å². The van der Waals surface area contributed by atoms with Gasteiger partial charge in [-0.15, -0.1) is 0 Å². The average molecular weight is 1580 g/mol. The number of carbonyl (C=O) groups is 16. The van der Waals surface area contributed by atoms with E-state index >= 15 is 19.2 Å². The van der Waals surface area contributed by atoms with Crippen LogP contribution in [0.3, 0.4) is 0 Å². The first-order valence-electron chi connectivity index (χ1n) is 38.0. The number of aliphatic carboxylic acids is 1. The number of aliphatic hydroxyl groups excluding tert-OH is 4. The number of likely N-dealkylation sites (N-methyl/N-ethyl adjacent to an activating group) is 1. The summed E-state index contributed by atoms with van der Waals surface area (Å²) < 4.78 is 11.7. The van der Waals surface area contributed by atoms with E-state index in [1.807, 2.05) is 13.8 Å². The fourth-order valence-electron chi connectivity index (χ4n) is 13.1. The molecule has 2 saturated heterocycles. The molecule has 2 fully saturated rings. The molecule has 0 saturated carbocycles. The molecule has 14 amide bonds. The first-order valence-corrected chi connectivity index (χ1v) is 38.0. The number of amides is 14. The Kier molecular flexibility index (Phi) is 42.1. The maximum absolute atomic E-state index is 15.5. The third-order valence-electron chi connectivity index (χ3n) is 20.5. The lowest BCUT2D eigenvalue weighted by molar-refractivity contribution is -0.168. The number of esters is 1. The molecule has 0 radical (unpaired) electrons. The third-order valence-corrected chi connectivity index (χ3v) is 20.5. The van der Waals surface area contributed by atoms with Crippen molar-refractivity contribution in [2.24, 2.45) is 76.0 Å². The SMILES string of the molecule is CO[C@H](C)[C@@H]1NC(=O)[C@H](CCC(N)=O)N(C)C(=O)[C@H](CC(C)C)NC(=O)[C@@H](CCCN)NC(=O)[C@@H](CO)NC(=O)[C@H](NC(=O)[C@@H](NC(=O)[C@H](O)[C@H](O)[C@H](CCC(N)=O)NC(=O)[C@@H](CCCN)NC(=O)[C@H](C)[C@H](O)[C@H](C)CC(C)C)[C@@H](C)[C@@H](C)C(N)=O)[C@@H]([C@H](C)C(C)C)OC(=O)[C@@H]2CCCCN2C(=O)[C@@H](CC(=O)O)NC1=O. The second-order valence-corrected chi connectivity index (χ2v) is 30.5. The van der Waals surface area contributed by atoms with Gasteiger partial charge in [0.25, 0.3) is 5.91 Å². The molecule has 111 heavy (non-hydrogen) atoms. The van der Waals surface area contributed by atoms with Gasteiger partial charge in [-0.05, 0) is 126 Å². The number of methoxy groups -OCH3 is 1. The summed E-state index contributed by atoms with van der Waals surface area (Å²) in [7, 11) is 2.31. The number of nitrogens with zero attached hydrogens (tertiary/aromatic N) is 2. The van der Waals surface area contributed by atoms with Crippen LogP contribution in [0.25, 0.3) is 0 Å². The molecular weight excluding hydrogens is 1460 g/mol. The molecule has 39 nitrogen and oxygen atoms in total. The Balaban J connectivity index is 3.13. The van der Waals surface area contributed by atoms with E-state index in [4.69, 9.17) is 38.1 Å². The number of nitrogens with two attached hydrogens (primary N) is 5. The van der Waals surface area contributed by atoms with Gasteiger partial charge in [-0.3, -0.25) is 71.9 Å². The zero-order valence-electron chi connectivity index (χ0n) is 66.5. The summed E-state index contributed by atoms with van der Waals surface area (Å²) in [5, 5.41) is 78.1. The Morgan fingerprint density at radius 3 is 1.75 bits per heavy atom. The standard InChI is InChI=1S/C72H126N16O23/c1-33(2)29-36(7)56(94)40(11)61(98)79-43(19-17-26-73)62(99)78-42(22-24-50(75)90)57(95)58(96)69(106)84-53(38(9)39(10)60(77)97)66(103)86-55-59(37(8)35(5)6)111-72(109)49-21-15-16-28-88(49)71(108)46(31-52(92)93)82-67(104)54(41(12)110-14)85-65(102)48(23-25-51(76)91)87(13)70(107)45(30-34(3)4)81-63(100)44(20-18-27-74)80-64(101)47(32-89)83-68(55)105/h33-49,53-59,89,94-96H,15-32,73-74H2,1-14H3,(H2,75,90)(H2,76,91)(H2,77,97)(H,78,99)(H,79,98)(H,80,101)(H,81,100)(H,82,104)(H,83,105)(H,84,106)(H,85,102)(H,86,103)(H,92,93)/t36-,37-,38+,39-,40-,41-,42+,43-,44-,45+,46-,47-,48+,49+,53+,54+,55-,56-,57-,58-,59-/m1/s1. The minimum Gasteiger partial charge on any atom is -0.481 e. The normalized spacial score (nSPS) is 24.4. The summed E-state index contributed by atoms with van der Waals surface area (Å²) in [6, 6.07) is -20.1. The fourth-order valence-corrected chi connectivity index (χ4v) is 13.1. The number of aliphatic hydroxyl groups is 4. The number of nitrogens with one attached hydrogen (secondary N) is 9. The number of carbonyl (C=O) groups excluding carboxylic acids is 15. The van der Waals surface area contributed by atoms with Gasteiger partial charge in [0.05, 0.1) is 37.2 Å². The van der Waals surface area contributed by atoms with Crippen molar-refractivity contribution in [1.29, 1.82) is 0 Å². The van der Waals surface area contributed by atoms with Crippen molar-refractivity contribution in [1.82, 2.24) is 57.7 Å². The number of piperidine rings is 1. The number of ether oxygens (including phenoxy) is 2. The van der Waals surface area contributed by atoms with Crippen LogP contribution < -0.4 is 76.5 Å². The number of rotatable bonds is 38. The predicted octanol–water partition coefficient (Wildman–Crippen LogP) is -5.51. The summed E-state index contributed by atoms with van der Waals surface area (Å²) in [5.41, 5.74) is 28.5. The predicted molar refractivity (Wildman–Crippen MR) is 399 cm³/mol. The van der Waals surface area contributed by atoms with E-state index < -0.39 is 266 Å². The number of carboxylic acids is 1. The lowest BCUT2D eigenvalue weighted by atomic mass is 9.85. The highest BCUT2D eigenvalue weighted by atomic mass is 16.5. The summed E-state index contributed by atoms with van der Waals surface area (Å²) >= 11 is 0. The number of primary amides is 3. The average Bonchev–Trinajstić information content (AvgIpc) is 0.811. The van der Waals surface area contributed by atoms with Crippen LogP contribution in [0, 0.1) is 47.3 Å². The van der Waals surface area contributed by atoms with Gasteiger partial charge < -0.3 is 121 Å². The molecular formula is C72H126N16O23. The number of hydrogen-bond acceptors (Lipinski definition) is 24.